The molecule has 0 bridgehead atoms. The summed E-state index contributed by atoms with van der Waals surface area (Å²) >= 11 is 0. The number of hydrogen-bond donors (Lipinski definition) is 2. The van der Waals surface area contributed by atoms with Gasteiger partial charge in [-0.25, -0.2) is 10.6 Å². The first kappa shape index (κ1) is 8.33. The van der Waals surface area contributed by atoms with Gasteiger partial charge >= 0.3 is 6.03 Å². The van der Waals surface area contributed by atoms with Gasteiger partial charge in [0.05, 0.1) is 0 Å². The number of nitrogens with zero attached hydrogens (tertiary/aromatic N) is 1. The van der Waals surface area contributed by atoms with Crippen LogP contribution >= 0.6 is 0 Å². The van der Waals surface area contributed by atoms with Crippen LogP contribution in [0.1, 0.15) is 19.8 Å². The van der Waals surface area contributed by atoms with E-state index in [1.807, 2.05) is 6.92 Å². The van der Waals surface area contributed by atoms with Crippen molar-refractivity contribution in [3.05, 3.63) is 0 Å². The van der Waals surface area contributed by atoms with Crippen molar-refractivity contribution in [1.29, 1.82) is 0 Å². The molecule has 11 heavy (non-hydrogen) atoms. The molecule has 1 saturated carbocycles. The lowest BCUT2D eigenvalue weighted by Gasteiger charge is -2.23. The molecule has 0 aliphatic heterocycles. The largest absolute Gasteiger partial charge is 0.331 e. The molecule has 1 unspecified atom stereocenters. The zero-order valence-corrected chi connectivity index (χ0v) is 7.00. The highest BCUT2D eigenvalue weighted by atomic mass is 16.2. The number of rotatable bonds is 2. The summed E-state index contributed by atoms with van der Waals surface area (Å²) in [5.41, 5.74) is 2.12. The highest BCUT2D eigenvalue weighted by molar-refractivity contribution is 5.73. The zero-order chi connectivity index (χ0) is 8.43. The molecule has 0 heterocycles. The fraction of sp³-hybridized carbons (Fsp3) is 0.857. The van der Waals surface area contributed by atoms with E-state index in [9.17, 15) is 4.79 Å². The van der Waals surface area contributed by atoms with E-state index in [0.29, 0.717) is 12.0 Å². The van der Waals surface area contributed by atoms with Crippen molar-refractivity contribution >= 4 is 6.03 Å². The Morgan fingerprint density at radius 2 is 2.27 bits per heavy atom. The van der Waals surface area contributed by atoms with Crippen LogP contribution in [0.4, 0.5) is 4.79 Å². The molecular formula is C7H15N3O. The van der Waals surface area contributed by atoms with Gasteiger partial charge in [0.25, 0.3) is 0 Å². The number of carbonyl (C=O) groups excluding carboxylic acids is 1. The third-order valence-corrected chi connectivity index (χ3v) is 2.36. The second kappa shape index (κ2) is 3.09. The lowest BCUT2D eigenvalue weighted by molar-refractivity contribution is 0.188. The van der Waals surface area contributed by atoms with Crippen molar-refractivity contribution in [2.45, 2.75) is 25.8 Å². The molecule has 0 saturated heterocycles. The molecule has 1 atom stereocenters. The van der Waals surface area contributed by atoms with Crippen LogP contribution in [-0.2, 0) is 0 Å². The molecule has 2 amide bonds. The molecule has 4 nitrogen and oxygen atoms in total. The van der Waals surface area contributed by atoms with Gasteiger partial charge in [0, 0.05) is 13.1 Å². The Bertz CT molecular complexity index is 156. The molecule has 0 radical (unpaired) electrons. The Kier molecular flexibility index (Phi) is 2.34. The first-order chi connectivity index (χ1) is 5.16. The standard InChI is InChI=1S/C7H15N3O/c1-5(6-3-4-6)10(2)7(11)9-8/h5-6H,3-4,8H2,1-2H3,(H,9,11). The van der Waals surface area contributed by atoms with E-state index in [4.69, 9.17) is 5.84 Å². The van der Waals surface area contributed by atoms with E-state index in [0.717, 1.165) is 0 Å². The average molecular weight is 157 g/mol. The lowest BCUT2D eigenvalue weighted by atomic mass is 10.2. The van der Waals surface area contributed by atoms with Gasteiger partial charge in [-0.1, -0.05) is 0 Å². The highest BCUT2D eigenvalue weighted by Gasteiger charge is 2.32. The van der Waals surface area contributed by atoms with Crippen LogP contribution in [0.3, 0.4) is 0 Å². The number of urea groups is 1. The van der Waals surface area contributed by atoms with Gasteiger partial charge in [-0.2, -0.15) is 0 Å². The van der Waals surface area contributed by atoms with Gasteiger partial charge in [-0.15, -0.1) is 0 Å². The molecule has 0 spiro atoms. The van der Waals surface area contributed by atoms with Crippen LogP contribution in [0.15, 0.2) is 0 Å². The Balaban J connectivity index is 2.38. The van der Waals surface area contributed by atoms with E-state index in [1.165, 1.54) is 12.8 Å². The van der Waals surface area contributed by atoms with Crippen molar-refractivity contribution in [2.24, 2.45) is 11.8 Å². The molecule has 3 N–H and O–H groups in total. The van der Waals surface area contributed by atoms with Crippen LogP contribution in [0, 0.1) is 5.92 Å². The number of nitrogens with one attached hydrogen (secondary N) is 1. The van der Waals surface area contributed by atoms with Gasteiger partial charge in [0.2, 0.25) is 0 Å². The maximum Gasteiger partial charge on any atom is 0.331 e. The van der Waals surface area contributed by atoms with Crippen molar-refractivity contribution in [3.8, 4) is 0 Å². The molecular weight excluding hydrogens is 142 g/mol. The van der Waals surface area contributed by atoms with Crippen LogP contribution in [0.2, 0.25) is 0 Å². The monoisotopic (exact) mass is 157 g/mol. The minimum Gasteiger partial charge on any atom is -0.324 e. The van der Waals surface area contributed by atoms with E-state index >= 15 is 0 Å². The predicted octanol–water partition coefficient (Wildman–Crippen LogP) is 0.300. The summed E-state index contributed by atoms with van der Waals surface area (Å²) in [5.74, 6) is 5.68. The Morgan fingerprint density at radius 1 is 1.73 bits per heavy atom. The van der Waals surface area contributed by atoms with Crippen LogP contribution < -0.4 is 11.3 Å². The summed E-state index contributed by atoms with van der Waals surface area (Å²) in [6.45, 7) is 2.05. The molecule has 1 rings (SSSR count). The molecule has 0 aromatic heterocycles. The summed E-state index contributed by atoms with van der Waals surface area (Å²) < 4.78 is 0. The van der Waals surface area contributed by atoms with Crippen LogP contribution in [0.25, 0.3) is 0 Å². The topological polar surface area (TPSA) is 58.4 Å². The predicted molar refractivity (Wildman–Crippen MR) is 42.7 cm³/mol. The van der Waals surface area contributed by atoms with Crippen molar-refractivity contribution < 1.29 is 4.79 Å². The van der Waals surface area contributed by atoms with Crippen molar-refractivity contribution in [1.82, 2.24) is 10.3 Å². The summed E-state index contributed by atoms with van der Waals surface area (Å²) in [7, 11) is 1.77. The fourth-order valence-corrected chi connectivity index (χ4v) is 1.18. The van der Waals surface area contributed by atoms with Crippen molar-refractivity contribution in [2.75, 3.05) is 7.05 Å². The number of hydrogen-bond acceptors (Lipinski definition) is 2. The maximum absolute atomic E-state index is 11.0. The van der Waals surface area contributed by atoms with E-state index in [1.54, 1.807) is 11.9 Å². The maximum atomic E-state index is 11.0. The smallest absolute Gasteiger partial charge is 0.324 e. The van der Waals surface area contributed by atoms with E-state index < -0.39 is 0 Å². The number of hydrazine groups is 1. The summed E-state index contributed by atoms with van der Waals surface area (Å²) in [5, 5.41) is 0. The number of nitrogens with two attached hydrogens (primary N) is 1. The summed E-state index contributed by atoms with van der Waals surface area (Å²) in [6.07, 6.45) is 2.48. The SMILES string of the molecule is CC(C1CC1)N(C)C(=O)NN. The summed E-state index contributed by atoms with van der Waals surface area (Å²) in [4.78, 5) is 12.6. The summed E-state index contributed by atoms with van der Waals surface area (Å²) in [6, 6.07) is 0.114. The molecule has 1 aliphatic carbocycles. The molecule has 0 aromatic rings. The van der Waals surface area contributed by atoms with Gasteiger partial charge < -0.3 is 4.90 Å². The van der Waals surface area contributed by atoms with Gasteiger partial charge in [0.15, 0.2) is 0 Å². The first-order valence-electron chi connectivity index (χ1n) is 3.90. The van der Waals surface area contributed by atoms with Gasteiger partial charge in [-0.05, 0) is 25.7 Å². The van der Waals surface area contributed by atoms with Gasteiger partial charge in [-0.3, -0.25) is 5.43 Å². The minimum atomic E-state index is -0.204. The van der Waals surface area contributed by atoms with Gasteiger partial charge in [0.1, 0.15) is 0 Å². The first-order valence-corrected chi connectivity index (χ1v) is 3.90. The Hall–Kier alpha value is -0.770. The van der Waals surface area contributed by atoms with Crippen molar-refractivity contribution in [3.63, 3.8) is 0 Å². The second-order valence-corrected chi connectivity index (χ2v) is 3.14. The van der Waals surface area contributed by atoms with Crippen LogP contribution in [0.5, 0.6) is 0 Å². The lowest BCUT2D eigenvalue weighted by Crippen LogP contribution is -2.45. The molecule has 1 fully saturated rings. The average Bonchev–Trinajstić information content (AvgIpc) is 2.82. The van der Waals surface area contributed by atoms with Crippen LogP contribution in [-0.4, -0.2) is 24.0 Å². The Labute approximate surface area is 66.7 Å². The molecule has 0 aromatic carbocycles. The Morgan fingerprint density at radius 3 is 2.64 bits per heavy atom. The quantitative estimate of drug-likeness (QED) is 0.344. The fourth-order valence-electron chi connectivity index (χ4n) is 1.18. The molecule has 1 aliphatic rings. The zero-order valence-electron chi connectivity index (χ0n) is 7.00. The highest BCUT2D eigenvalue weighted by Crippen LogP contribution is 2.34. The normalized spacial score (nSPS) is 19.2. The second-order valence-electron chi connectivity index (χ2n) is 3.14. The minimum absolute atomic E-state index is 0.204. The molecule has 64 valence electrons. The third kappa shape index (κ3) is 1.83. The van der Waals surface area contributed by atoms with E-state index in [2.05, 4.69) is 5.43 Å². The number of carbonyl (C=O) groups is 1. The third-order valence-electron chi connectivity index (χ3n) is 2.36. The number of amides is 2. The van der Waals surface area contributed by atoms with E-state index in [-0.39, 0.29) is 6.03 Å². The molecule has 4 heteroatoms.